The summed E-state index contributed by atoms with van der Waals surface area (Å²) in [6.07, 6.45) is -0.947. The molecule has 0 aliphatic carbocycles. The number of amides is 1. The standard InChI is InChI=1S/C17H19FN2O4S/c1-10-15(11(2)24-20-10)8-25-9-16(21)23-12(3)17(22)19-14-6-4-13(18)5-7-14/h4-7,12H,8-9H2,1-3H3,(H,19,22)/t12-/m1/s1. The molecule has 1 aromatic heterocycles. The minimum Gasteiger partial charge on any atom is -0.452 e. The molecule has 0 radical (unpaired) electrons. The number of esters is 1. The van der Waals surface area contributed by atoms with Gasteiger partial charge in [-0.3, -0.25) is 9.59 Å². The highest BCUT2D eigenvalue weighted by molar-refractivity contribution is 7.99. The van der Waals surface area contributed by atoms with Crippen LogP contribution in [0.2, 0.25) is 0 Å². The third kappa shape index (κ3) is 5.60. The number of halogens is 1. The second-order valence-electron chi connectivity index (χ2n) is 5.42. The maximum absolute atomic E-state index is 12.8. The number of ether oxygens (including phenoxy) is 1. The molecule has 8 heteroatoms. The van der Waals surface area contributed by atoms with E-state index in [2.05, 4.69) is 10.5 Å². The molecule has 0 saturated carbocycles. The molecule has 0 spiro atoms. The average Bonchev–Trinajstić information content (AvgIpc) is 2.88. The maximum atomic E-state index is 12.8. The first kappa shape index (κ1) is 19.0. The Kier molecular flexibility index (Phi) is 6.58. The Labute approximate surface area is 149 Å². The van der Waals surface area contributed by atoms with Crippen molar-refractivity contribution in [3.05, 3.63) is 47.1 Å². The van der Waals surface area contributed by atoms with Crippen LogP contribution in [-0.4, -0.2) is 28.9 Å². The molecule has 0 unspecified atom stereocenters. The quantitative estimate of drug-likeness (QED) is 0.758. The molecular formula is C17H19FN2O4S. The summed E-state index contributed by atoms with van der Waals surface area (Å²) in [5, 5.41) is 6.41. The SMILES string of the molecule is Cc1noc(C)c1CSCC(=O)O[C@H](C)C(=O)Nc1ccc(F)cc1. The van der Waals surface area contributed by atoms with Crippen molar-refractivity contribution >= 4 is 29.3 Å². The Bertz CT molecular complexity index is 726. The molecule has 0 aliphatic rings. The van der Waals surface area contributed by atoms with Crippen LogP contribution in [0.1, 0.15) is 23.9 Å². The lowest BCUT2D eigenvalue weighted by Crippen LogP contribution is -2.30. The van der Waals surface area contributed by atoms with E-state index in [9.17, 15) is 14.0 Å². The first-order valence-electron chi connectivity index (χ1n) is 7.62. The number of nitrogens with zero attached hydrogens (tertiary/aromatic N) is 1. The largest absolute Gasteiger partial charge is 0.452 e. The number of thioether (sulfide) groups is 1. The van der Waals surface area contributed by atoms with Crippen LogP contribution < -0.4 is 5.32 Å². The second-order valence-corrected chi connectivity index (χ2v) is 6.41. The first-order valence-corrected chi connectivity index (χ1v) is 8.77. The van der Waals surface area contributed by atoms with E-state index in [-0.39, 0.29) is 5.75 Å². The summed E-state index contributed by atoms with van der Waals surface area (Å²) >= 11 is 1.36. The zero-order chi connectivity index (χ0) is 18.4. The summed E-state index contributed by atoms with van der Waals surface area (Å²) < 4.78 is 23.0. The Morgan fingerprint density at radius 1 is 1.32 bits per heavy atom. The van der Waals surface area contributed by atoms with Crippen LogP contribution in [0.5, 0.6) is 0 Å². The van der Waals surface area contributed by atoms with Gasteiger partial charge in [0.25, 0.3) is 5.91 Å². The van der Waals surface area contributed by atoms with Crippen LogP contribution in [0, 0.1) is 19.7 Å². The number of rotatable bonds is 7. The van der Waals surface area contributed by atoms with Gasteiger partial charge in [-0.05, 0) is 45.0 Å². The summed E-state index contributed by atoms with van der Waals surface area (Å²) in [7, 11) is 0. The molecule has 2 rings (SSSR count). The fourth-order valence-electron chi connectivity index (χ4n) is 2.01. The highest BCUT2D eigenvalue weighted by Gasteiger charge is 2.18. The highest BCUT2D eigenvalue weighted by Crippen LogP contribution is 2.19. The summed E-state index contributed by atoms with van der Waals surface area (Å²) in [6.45, 7) is 5.14. The molecule has 1 amide bonds. The Morgan fingerprint density at radius 2 is 2.00 bits per heavy atom. The molecule has 1 heterocycles. The van der Waals surface area contributed by atoms with Crippen LogP contribution >= 0.6 is 11.8 Å². The number of nitrogens with one attached hydrogen (secondary N) is 1. The zero-order valence-corrected chi connectivity index (χ0v) is 15.0. The van der Waals surface area contributed by atoms with Gasteiger partial charge in [-0.1, -0.05) is 5.16 Å². The number of hydrogen-bond acceptors (Lipinski definition) is 6. The van der Waals surface area contributed by atoms with Gasteiger partial charge in [0.1, 0.15) is 11.6 Å². The molecule has 1 aromatic carbocycles. The lowest BCUT2D eigenvalue weighted by molar-refractivity contribution is -0.150. The van der Waals surface area contributed by atoms with Crippen molar-refractivity contribution in [1.82, 2.24) is 5.16 Å². The van der Waals surface area contributed by atoms with E-state index >= 15 is 0 Å². The molecule has 0 bridgehead atoms. The molecule has 0 fully saturated rings. The van der Waals surface area contributed by atoms with Gasteiger partial charge in [-0.25, -0.2) is 4.39 Å². The summed E-state index contributed by atoms with van der Waals surface area (Å²) in [6, 6.07) is 5.33. The first-order chi connectivity index (χ1) is 11.9. The number of hydrogen-bond donors (Lipinski definition) is 1. The van der Waals surface area contributed by atoms with Crippen molar-refractivity contribution in [2.45, 2.75) is 32.6 Å². The van der Waals surface area contributed by atoms with Crippen molar-refractivity contribution in [1.29, 1.82) is 0 Å². The predicted molar refractivity (Wildman–Crippen MR) is 92.7 cm³/mol. The van der Waals surface area contributed by atoms with Crippen LogP contribution in [0.15, 0.2) is 28.8 Å². The van der Waals surface area contributed by atoms with Crippen LogP contribution in [0.4, 0.5) is 10.1 Å². The number of anilines is 1. The zero-order valence-electron chi connectivity index (χ0n) is 14.2. The molecule has 0 aliphatic heterocycles. The van der Waals surface area contributed by atoms with E-state index < -0.39 is 23.8 Å². The van der Waals surface area contributed by atoms with Gasteiger partial charge in [0.15, 0.2) is 6.10 Å². The van der Waals surface area contributed by atoms with E-state index in [1.165, 1.54) is 43.0 Å². The molecule has 25 heavy (non-hydrogen) atoms. The van der Waals surface area contributed by atoms with E-state index in [0.717, 1.165) is 17.0 Å². The molecule has 6 nitrogen and oxygen atoms in total. The number of carbonyl (C=O) groups excluding carboxylic acids is 2. The topological polar surface area (TPSA) is 81.4 Å². The van der Waals surface area contributed by atoms with E-state index in [4.69, 9.17) is 9.26 Å². The monoisotopic (exact) mass is 366 g/mol. The van der Waals surface area contributed by atoms with Gasteiger partial charge in [-0.2, -0.15) is 0 Å². The van der Waals surface area contributed by atoms with E-state index in [1.807, 2.05) is 13.8 Å². The lowest BCUT2D eigenvalue weighted by atomic mass is 10.2. The van der Waals surface area contributed by atoms with Gasteiger partial charge < -0.3 is 14.6 Å². The number of aromatic nitrogens is 1. The van der Waals surface area contributed by atoms with E-state index in [0.29, 0.717) is 11.4 Å². The van der Waals surface area contributed by atoms with Gasteiger partial charge >= 0.3 is 5.97 Å². The lowest BCUT2D eigenvalue weighted by Gasteiger charge is -2.13. The highest BCUT2D eigenvalue weighted by atomic mass is 32.2. The predicted octanol–water partition coefficient (Wildman–Crippen LogP) is 3.23. The van der Waals surface area contributed by atoms with Crippen molar-refractivity contribution in [2.75, 3.05) is 11.1 Å². The Hall–Kier alpha value is -2.35. The molecule has 0 saturated heterocycles. The normalized spacial score (nSPS) is 11.8. The maximum Gasteiger partial charge on any atom is 0.316 e. The third-order valence-corrected chi connectivity index (χ3v) is 4.37. The second kappa shape index (κ2) is 8.66. The molecular weight excluding hydrogens is 347 g/mol. The van der Waals surface area contributed by atoms with Crippen molar-refractivity contribution < 1.29 is 23.2 Å². The van der Waals surface area contributed by atoms with Crippen LogP contribution in [0.25, 0.3) is 0 Å². The number of carbonyl (C=O) groups is 2. The molecule has 134 valence electrons. The minimum atomic E-state index is -0.947. The summed E-state index contributed by atoms with van der Waals surface area (Å²) in [5.41, 5.74) is 2.19. The summed E-state index contributed by atoms with van der Waals surface area (Å²) in [4.78, 5) is 23.8. The molecule has 2 aromatic rings. The number of aryl methyl sites for hydroxylation is 2. The van der Waals surface area contributed by atoms with Crippen LogP contribution in [-0.2, 0) is 20.1 Å². The van der Waals surface area contributed by atoms with Crippen molar-refractivity contribution in [3.8, 4) is 0 Å². The summed E-state index contributed by atoms with van der Waals surface area (Å²) in [5.74, 6) is 0.0531. The van der Waals surface area contributed by atoms with Crippen molar-refractivity contribution in [2.24, 2.45) is 0 Å². The van der Waals surface area contributed by atoms with Gasteiger partial charge in [0.05, 0.1) is 11.4 Å². The Balaban J connectivity index is 1.75. The molecule has 1 N–H and O–H groups in total. The fraction of sp³-hybridized carbons (Fsp3) is 0.353. The minimum absolute atomic E-state index is 0.109. The van der Waals surface area contributed by atoms with E-state index in [1.54, 1.807) is 0 Å². The third-order valence-electron chi connectivity index (χ3n) is 3.44. The van der Waals surface area contributed by atoms with Crippen LogP contribution in [0.3, 0.4) is 0 Å². The van der Waals surface area contributed by atoms with Gasteiger partial charge in [-0.15, -0.1) is 11.8 Å². The smallest absolute Gasteiger partial charge is 0.316 e. The number of benzene rings is 1. The Morgan fingerprint density at radius 3 is 2.60 bits per heavy atom. The van der Waals surface area contributed by atoms with Gasteiger partial charge in [0.2, 0.25) is 0 Å². The van der Waals surface area contributed by atoms with Crippen molar-refractivity contribution in [3.63, 3.8) is 0 Å². The fourth-order valence-corrected chi connectivity index (χ4v) is 2.96. The van der Waals surface area contributed by atoms with Gasteiger partial charge in [0, 0.05) is 17.0 Å². The molecule has 1 atom stereocenters. The average molecular weight is 366 g/mol.